The molecule has 0 spiro atoms. The van der Waals surface area contributed by atoms with Gasteiger partial charge >= 0.3 is 0 Å². The molecule has 0 aliphatic carbocycles. The third-order valence-electron chi connectivity index (χ3n) is 1.23. The van der Waals surface area contributed by atoms with Gasteiger partial charge in [-0.05, 0) is 11.8 Å². The van der Waals surface area contributed by atoms with Crippen LogP contribution in [0.1, 0.15) is 20.3 Å². The molecule has 0 rings (SSSR count). The predicted molar refractivity (Wildman–Crippen MR) is 44.1 cm³/mol. The molecule has 0 radical (unpaired) electrons. The third kappa shape index (κ3) is 4.80. The summed E-state index contributed by atoms with van der Waals surface area (Å²) in [6.45, 7) is 7.77. The lowest BCUT2D eigenvalue weighted by atomic mass is 9.91. The van der Waals surface area contributed by atoms with Crippen molar-refractivity contribution in [3.8, 4) is 0 Å². The highest BCUT2D eigenvalue weighted by atomic mass is 35.5. The summed E-state index contributed by atoms with van der Waals surface area (Å²) in [5.41, 5.74) is 0.0637. The second kappa shape index (κ2) is 3.48. The minimum Gasteiger partial charge on any atom is -0.105 e. The van der Waals surface area contributed by atoms with E-state index in [0.717, 1.165) is 6.42 Å². The van der Waals surface area contributed by atoms with Gasteiger partial charge in [-0.15, -0.1) is 29.8 Å². The molecule has 0 aromatic rings. The van der Waals surface area contributed by atoms with E-state index in [9.17, 15) is 0 Å². The lowest BCUT2D eigenvalue weighted by Gasteiger charge is -2.19. The summed E-state index contributed by atoms with van der Waals surface area (Å²) in [5.74, 6) is 0. The largest absolute Gasteiger partial charge is 0.108 e. The van der Waals surface area contributed by atoms with Crippen LogP contribution in [0.3, 0.4) is 0 Å². The third-order valence-corrected chi connectivity index (χ3v) is 1.54. The van der Waals surface area contributed by atoms with Crippen molar-refractivity contribution in [2.24, 2.45) is 5.41 Å². The lowest BCUT2D eigenvalue weighted by molar-refractivity contribution is 0.456. The number of hydrogen-bond acceptors (Lipinski definition) is 0. The summed E-state index contributed by atoms with van der Waals surface area (Å²) >= 11 is 11.1. The first-order valence-electron chi connectivity index (χ1n) is 2.90. The van der Waals surface area contributed by atoms with Crippen LogP contribution in [-0.4, -0.2) is 4.84 Å². The van der Waals surface area contributed by atoms with Crippen molar-refractivity contribution >= 4 is 23.2 Å². The summed E-state index contributed by atoms with van der Waals surface area (Å²) in [6.07, 6.45) is 2.63. The van der Waals surface area contributed by atoms with Crippen molar-refractivity contribution in [1.29, 1.82) is 0 Å². The van der Waals surface area contributed by atoms with E-state index in [1.165, 1.54) is 0 Å². The summed E-state index contributed by atoms with van der Waals surface area (Å²) in [5, 5.41) is 0. The van der Waals surface area contributed by atoms with E-state index in [2.05, 4.69) is 20.4 Å². The molecule has 0 heterocycles. The van der Waals surface area contributed by atoms with Gasteiger partial charge in [0.15, 0.2) is 0 Å². The van der Waals surface area contributed by atoms with Crippen molar-refractivity contribution in [2.75, 3.05) is 0 Å². The number of hydrogen-bond donors (Lipinski definition) is 0. The molecule has 0 aromatic carbocycles. The molecule has 0 nitrogen and oxygen atoms in total. The molecular formula is C7H12Cl2. The van der Waals surface area contributed by atoms with Gasteiger partial charge in [-0.25, -0.2) is 0 Å². The van der Waals surface area contributed by atoms with Gasteiger partial charge < -0.3 is 0 Å². The average Bonchev–Trinajstić information content (AvgIpc) is 1.63. The Morgan fingerprint density at radius 1 is 1.56 bits per heavy atom. The fourth-order valence-corrected chi connectivity index (χ4v) is 1.28. The summed E-state index contributed by atoms with van der Waals surface area (Å²) < 4.78 is 0. The molecule has 54 valence electrons. The van der Waals surface area contributed by atoms with Gasteiger partial charge in [-0.3, -0.25) is 0 Å². The molecule has 0 N–H and O–H groups in total. The van der Waals surface area contributed by atoms with Crippen LogP contribution in [0.25, 0.3) is 0 Å². The highest BCUT2D eigenvalue weighted by Gasteiger charge is 2.16. The average molecular weight is 167 g/mol. The first kappa shape index (κ1) is 9.32. The quantitative estimate of drug-likeness (QED) is 0.446. The Kier molecular flexibility index (Phi) is 3.60. The Balaban J connectivity index is 3.71. The van der Waals surface area contributed by atoms with Crippen LogP contribution in [0.4, 0.5) is 0 Å². The minimum atomic E-state index is -0.280. The Morgan fingerprint density at radius 2 is 2.00 bits per heavy atom. The van der Waals surface area contributed by atoms with E-state index in [-0.39, 0.29) is 10.3 Å². The topological polar surface area (TPSA) is 0 Å². The molecule has 0 bridgehead atoms. The fraction of sp³-hybridized carbons (Fsp3) is 0.714. The van der Waals surface area contributed by atoms with Crippen molar-refractivity contribution < 1.29 is 0 Å². The molecule has 0 unspecified atom stereocenters. The molecule has 0 saturated heterocycles. The van der Waals surface area contributed by atoms with Gasteiger partial charge in [-0.2, -0.15) is 0 Å². The standard InChI is InChI=1S/C7H12Cl2/c1-4-7(2,3)5-6(8)9/h4,6H,1,5H2,2-3H3. The minimum absolute atomic E-state index is 0.0637. The van der Waals surface area contributed by atoms with Crippen LogP contribution < -0.4 is 0 Å². The number of alkyl halides is 2. The number of halogens is 2. The SMILES string of the molecule is C=CC(C)(C)CC(Cl)Cl. The summed E-state index contributed by atoms with van der Waals surface area (Å²) in [6, 6.07) is 0. The van der Waals surface area contributed by atoms with Crippen molar-refractivity contribution in [3.05, 3.63) is 12.7 Å². The maximum absolute atomic E-state index is 5.56. The molecule has 0 amide bonds. The van der Waals surface area contributed by atoms with E-state index in [4.69, 9.17) is 23.2 Å². The first-order chi connectivity index (χ1) is 3.98. The Labute approximate surface area is 66.8 Å². The van der Waals surface area contributed by atoms with Crippen LogP contribution in [0, 0.1) is 5.41 Å². The van der Waals surface area contributed by atoms with E-state index < -0.39 is 0 Å². The smallest absolute Gasteiger partial charge is 0.105 e. The van der Waals surface area contributed by atoms with Crippen molar-refractivity contribution in [2.45, 2.75) is 25.1 Å². The van der Waals surface area contributed by atoms with Crippen molar-refractivity contribution in [3.63, 3.8) is 0 Å². The predicted octanol–water partition coefficient (Wildman–Crippen LogP) is 3.39. The number of rotatable bonds is 3. The lowest BCUT2D eigenvalue weighted by Crippen LogP contribution is -2.10. The van der Waals surface area contributed by atoms with Gasteiger partial charge in [-0.1, -0.05) is 19.9 Å². The maximum Gasteiger partial charge on any atom is 0.108 e. The van der Waals surface area contributed by atoms with E-state index >= 15 is 0 Å². The summed E-state index contributed by atoms with van der Waals surface area (Å²) in [4.78, 5) is -0.280. The second-order valence-corrected chi connectivity index (χ2v) is 4.06. The fourth-order valence-electron chi connectivity index (χ4n) is 0.481. The molecule has 0 atom stereocenters. The van der Waals surface area contributed by atoms with Gasteiger partial charge in [0.1, 0.15) is 4.84 Å². The molecular weight excluding hydrogens is 155 g/mol. The van der Waals surface area contributed by atoms with Gasteiger partial charge in [0.2, 0.25) is 0 Å². The molecule has 0 saturated carbocycles. The molecule has 0 aromatic heterocycles. The van der Waals surface area contributed by atoms with E-state index in [1.807, 2.05) is 6.08 Å². The molecule has 0 fully saturated rings. The van der Waals surface area contributed by atoms with Crippen molar-refractivity contribution in [1.82, 2.24) is 0 Å². The van der Waals surface area contributed by atoms with E-state index in [1.54, 1.807) is 0 Å². The Morgan fingerprint density at radius 3 is 2.11 bits per heavy atom. The molecule has 2 heteroatoms. The van der Waals surface area contributed by atoms with Crippen LogP contribution in [0.15, 0.2) is 12.7 Å². The highest BCUT2D eigenvalue weighted by molar-refractivity contribution is 6.44. The van der Waals surface area contributed by atoms with Crippen LogP contribution in [0.5, 0.6) is 0 Å². The van der Waals surface area contributed by atoms with Gasteiger partial charge in [0.25, 0.3) is 0 Å². The zero-order valence-corrected chi connectivity index (χ0v) is 7.34. The summed E-state index contributed by atoms with van der Waals surface area (Å²) in [7, 11) is 0. The van der Waals surface area contributed by atoms with Gasteiger partial charge in [0, 0.05) is 0 Å². The van der Waals surface area contributed by atoms with Crippen LogP contribution >= 0.6 is 23.2 Å². The number of allylic oxidation sites excluding steroid dienone is 1. The zero-order chi connectivity index (χ0) is 7.49. The Bertz CT molecular complexity index is 95.1. The zero-order valence-electron chi connectivity index (χ0n) is 5.82. The Hall–Kier alpha value is 0.320. The maximum atomic E-state index is 5.56. The van der Waals surface area contributed by atoms with Gasteiger partial charge in [0.05, 0.1) is 0 Å². The van der Waals surface area contributed by atoms with Crippen LogP contribution in [0.2, 0.25) is 0 Å². The normalized spacial score (nSPS) is 12.1. The molecule has 0 aliphatic heterocycles. The molecule has 9 heavy (non-hydrogen) atoms. The molecule has 0 aliphatic rings. The second-order valence-electron chi connectivity index (χ2n) is 2.79. The van der Waals surface area contributed by atoms with E-state index in [0.29, 0.717) is 0 Å². The first-order valence-corrected chi connectivity index (χ1v) is 3.77. The highest BCUT2D eigenvalue weighted by Crippen LogP contribution is 2.27. The van der Waals surface area contributed by atoms with Crippen LogP contribution in [-0.2, 0) is 0 Å². The monoisotopic (exact) mass is 166 g/mol.